The molecule has 6 nitrogen and oxygen atoms in total. The van der Waals surface area contributed by atoms with E-state index in [1.165, 1.54) is 0 Å². The summed E-state index contributed by atoms with van der Waals surface area (Å²) in [6.07, 6.45) is 3.92. The smallest absolute Gasteiger partial charge is 0.253 e. The van der Waals surface area contributed by atoms with Gasteiger partial charge >= 0.3 is 0 Å². The zero-order valence-corrected chi connectivity index (χ0v) is 18.0. The second kappa shape index (κ2) is 9.86. The zero-order chi connectivity index (χ0) is 21.6. The summed E-state index contributed by atoms with van der Waals surface area (Å²) in [6.45, 7) is 2.48. The van der Waals surface area contributed by atoms with Gasteiger partial charge < -0.3 is 19.3 Å². The number of amides is 2. The van der Waals surface area contributed by atoms with E-state index in [9.17, 15) is 9.59 Å². The van der Waals surface area contributed by atoms with Crippen LogP contribution in [-0.4, -0.2) is 61.0 Å². The van der Waals surface area contributed by atoms with Gasteiger partial charge in [0, 0.05) is 44.5 Å². The Morgan fingerprint density at radius 1 is 0.935 bits per heavy atom. The number of piperidine rings is 1. The predicted molar refractivity (Wildman–Crippen MR) is 118 cm³/mol. The van der Waals surface area contributed by atoms with Crippen LogP contribution in [0.15, 0.2) is 54.6 Å². The van der Waals surface area contributed by atoms with E-state index in [-0.39, 0.29) is 17.9 Å². The number of rotatable bonds is 8. The Morgan fingerprint density at radius 3 is 2.26 bits per heavy atom. The van der Waals surface area contributed by atoms with Gasteiger partial charge in [0.2, 0.25) is 5.91 Å². The molecule has 4 rings (SSSR count). The van der Waals surface area contributed by atoms with Gasteiger partial charge in [-0.05, 0) is 49.2 Å². The standard InChI is InChI=1S/C25H30N2O4/c1-26(17-18-30-21-5-3-2-4-6-21)24(28)19-9-11-22(12-10-19)31-23-13-15-27(16-14-23)25(29)20-7-8-20/h2-6,9-12,20,23H,7-8,13-18H2,1H3. The first-order valence-electron chi connectivity index (χ1n) is 11.1. The van der Waals surface area contributed by atoms with Crippen molar-refractivity contribution in [3.63, 3.8) is 0 Å². The molecule has 6 heteroatoms. The van der Waals surface area contributed by atoms with Crippen molar-refractivity contribution in [2.75, 3.05) is 33.3 Å². The van der Waals surface area contributed by atoms with Crippen LogP contribution in [0.25, 0.3) is 0 Å². The van der Waals surface area contributed by atoms with Crippen LogP contribution in [0.5, 0.6) is 11.5 Å². The number of benzene rings is 2. The van der Waals surface area contributed by atoms with Crippen LogP contribution in [0.1, 0.15) is 36.0 Å². The van der Waals surface area contributed by atoms with Crippen molar-refractivity contribution in [3.8, 4) is 11.5 Å². The Hall–Kier alpha value is -3.02. The van der Waals surface area contributed by atoms with Crippen LogP contribution in [0, 0.1) is 5.92 Å². The third kappa shape index (κ3) is 5.78. The summed E-state index contributed by atoms with van der Waals surface area (Å²) in [7, 11) is 1.78. The topological polar surface area (TPSA) is 59.1 Å². The molecule has 2 amide bonds. The number of hydrogen-bond donors (Lipinski definition) is 0. The molecule has 1 saturated carbocycles. The average molecular weight is 423 g/mol. The normalized spacial score (nSPS) is 16.6. The van der Waals surface area contributed by atoms with E-state index in [2.05, 4.69) is 0 Å². The number of likely N-dealkylation sites (tertiary alicyclic amines) is 1. The lowest BCUT2D eigenvalue weighted by Gasteiger charge is -2.32. The molecule has 0 aromatic heterocycles. The lowest BCUT2D eigenvalue weighted by molar-refractivity contribution is -0.134. The molecule has 2 aromatic rings. The first-order valence-corrected chi connectivity index (χ1v) is 11.1. The van der Waals surface area contributed by atoms with Crippen molar-refractivity contribution in [1.29, 1.82) is 0 Å². The summed E-state index contributed by atoms with van der Waals surface area (Å²) in [6, 6.07) is 16.9. The monoisotopic (exact) mass is 422 g/mol. The Morgan fingerprint density at radius 2 is 1.61 bits per heavy atom. The molecule has 0 unspecified atom stereocenters. The summed E-state index contributed by atoms with van der Waals surface area (Å²) in [4.78, 5) is 28.4. The summed E-state index contributed by atoms with van der Waals surface area (Å²) < 4.78 is 11.8. The maximum atomic E-state index is 12.6. The molecule has 164 valence electrons. The third-order valence-electron chi connectivity index (χ3n) is 5.87. The summed E-state index contributed by atoms with van der Waals surface area (Å²) in [5.74, 6) is 2.12. The second-order valence-electron chi connectivity index (χ2n) is 8.33. The number of nitrogens with zero attached hydrogens (tertiary/aromatic N) is 2. The van der Waals surface area contributed by atoms with Crippen molar-refractivity contribution in [2.24, 2.45) is 5.92 Å². The van der Waals surface area contributed by atoms with Crippen molar-refractivity contribution in [1.82, 2.24) is 9.80 Å². The van der Waals surface area contributed by atoms with E-state index in [4.69, 9.17) is 9.47 Å². The van der Waals surface area contributed by atoms with E-state index in [1.54, 1.807) is 24.1 Å². The van der Waals surface area contributed by atoms with Gasteiger partial charge in [-0.3, -0.25) is 9.59 Å². The SMILES string of the molecule is CN(CCOc1ccccc1)C(=O)c1ccc(OC2CCN(C(=O)C3CC3)CC2)cc1. The van der Waals surface area contributed by atoms with Crippen molar-refractivity contribution in [3.05, 3.63) is 60.2 Å². The van der Waals surface area contributed by atoms with Crippen molar-refractivity contribution >= 4 is 11.8 Å². The van der Waals surface area contributed by atoms with Gasteiger partial charge in [0.25, 0.3) is 5.91 Å². The highest BCUT2D eigenvalue weighted by atomic mass is 16.5. The molecular weight excluding hydrogens is 392 g/mol. The lowest BCUT2D eigenvalue weighted by Crippen LogP contribution is -2.42. The summed E-state index contributed by atoms with van der Waals surface area (Å²) in [5, 5.41) is 0. The van der Waals surface area contributed by atoms with Gasteiger partial charge in [-0.1, -0.05) is 18.2 Å². The maximum absolute atomic E-state index is 12.6. The molecule has 2 fully saturated rings. The van der Waals surface area contributed by atoms with Gasteiger partial charge in [-0.15, -0.1) is 0 Å². The molecule has 0 bridgehead atoms. The molecule has 1 saturated heterocycles. The Balaban J connectivity index is 1.21. The summed E-state index contributed by atoms with van der Waals surface area (Å²) in [5.41, 5.74) is 0.624. The number of carbonyl (C=O) groups is 2. The first-order chi connectivity index (χ1) is 15.1. The second-order valence-corrected chi connectivity index (χ2v) is 8.33. The molecule has 0 atom stereocenters. The third-order valence-corrected chi connectivity index (χ3v) is 5.87. The van der Waals surface area contributed by atoms with Crippen LogP contribution in [0.4, 0.5) is 0 Å². The highest BCUT2D eigenvalue weighted by molar-refractivity contribution is 5.94. The molecule has 1 aliphatic carbocycles. The van der Waals surface area contributed by atoms with Crippen LogP contribution >= 0.6 is 0 Å². The quantitative estimate of drug-likeness (QED) is 0.652. The van der Waals surface area contributed by atoms with E-state index in [1.807, 2.05) is 47.4 Å². The van der Waals surface area contributed by atoms with Crippen LogP contribution in [-0.2, 0) is 4.79 Å². The van der Waals surface area contributed by atoms with Gasteiger partial charge in [-0.25, -0.2) is 0 Å². The minimum Gasteiger partial charge on any atom is -0.492 e. The van der Waals surface area contributed by atoms with E-state index < -0.39 is 0 Å². The highest BCUT2D eigenvalue weighted by Gasteiger charge is 2.35. The van der Waals surface area contributed by atoms with Gasteiger partial charge in [-0.2, -0.15) is 0 Å². The molecule has 2 aliphatic rings. The Labute approximate surface area is 183 Å². The number of hydrogen-bond acceptors (Lipinski definition) is 4. The molecule has 1 aliphatic heterocycles. The number of ether oxygens (including phenoxy) is 2. The number of carbonyl (C=O) groups excluding carboxylic acids is 2. The fraction of sp³-hybridized carbons (Fsp3) is 0.440. The van der Waals surface area contributed by atoms with Crippen LogP contribution in [0.2, 0.25) is 0 Å². The van der Waals surface area contributed by atoms with Crippen molar-refractivity contribution in [2.45, 2.75) is 31.8 Å². The molecule has 2 aromatic carbocycles. The molecule has 0 spiro atoms. The average Bonchev–Trinajstić information content (AvgIpc) is 3.65. The Bertz CT molecular complexity index is 872. The molecule has 0 N–H and O–H groups in total. The lowest BCUT2D eigenvalue weighted by atomic mass is 10.1. The maximum Gasteiger partial charge on any atom is 0.253 e. The van der Waals surface area contributed by atoms with Crippen LogP contribution in [0.3, 0.4) is 0 Å². The molecule has 1 heterocycles. The minimum atomic E-state index is -0.0462. The molecule has 0 radical (unpaired) electrons. The first kappa shape index (κ1) is 21.2. The van der Waals surface area contributed by atoms with E-state index >= 15 is 0 Å². The van der Waals surface area contributed by atoms with Crippen LogP contribution < -0.4 is 9.47 Å². The fourth-order valence-electron chi connectivity index (χ4n) is 3.79. The van der Waals surface area contributed by atoms with E-state index in [0.717, 1.165) is 50.3 Å². The van der Waals surface area contributed by atoms with Gasteiger partial charge in [0.15, 0.2) is 0 Å². The molecular formula is C25H30N2O4. The predicted octanol–water partition coefficient (Wildman–Crippen LogP) is 3.62. The fourth-order valence-corrected chi connectivity index (χ4v) is 3.79. The largest absolute Gasteiger partial charge is 0.492 e. The van der Waals surface area contributed by atoms with Gasteiger partial charge in [0.1, 0.15) is 24.2 Å². The zero-order valence-electron chi connectivity index (χ0n) is 18.0. The highest BCUT2D eigenvalue weighted by Crippen LogP contribution is 2.32. The summed E-state index contributed by atoms with van der Waals surface area (Å²) >= 11 is 0. The molecule has 31 heavy (non-hydrogen) atoms. The number of likely N-dealkylation sites (N-methyl/N-ethyl adjacent to an activating group) is 1. The Kier molecular flexibility index (Phi) is 6.75. The number of para-hydroxylation sites is 1. The van der Waals surface area contributed by atoms with Crippen molar-refractivity contribution < 1.29 is 19.1 Å². The minimum absolute atomic E-state index is 0.0462. The van der Waals surface area contributed by atoms with Gasteiger partial charge in [0.05, 0.1) is 6.54 Å². The van der Waals surface area contributed by atoms with E-state index in [0.29, 0.717) is 24.6 Å².